The van der Waals surface area contributed by atoms with Crippen molar-refractivity contribution in [3.63, 3.8) is 0 Å². The van der Waals surface area contributed by atoms with Crippen LogP contribution in [-0.2, 0) is 13.1 Å². The molecular weight excluding hydrogens is 388 g/mol. The van der Waals surface area contributed by atoms with Gasteiger partial charge in [-0.15, -0.1) is 0 Å². The fraction of sp³-hybridized carbons (Fsp3) is 0.458. The lowest BCUT2D eigenvalue weighted by Crippen LogP contribution is -2.24. The Hall–Kier alpha value is -2.93. The number of nitrogens with two attached hydrogens (primary N) is 1. The number of hydrogen-bond donors (Lipinski definition) is 2. The summed E-state index contributed by atoms with van der Waals surface area (Å²) in [4.78, 5) is 24.4. The molecule has 1 fully saturated rings. The second-order valence-corrected chi connectivity index (χ2v) is 8.57. The van der Waals surface area contributed by atoms with Gasteiger partial charge in [0.15, 0.2) is 0 Å². The van der Waals surface area contributed by atoms with E-state index >= 15 is 0 Å². The molecule has 0 spiro atoms. The van der Waals surface area contributed by atoms with Crippen molar-refractivity contribution >= 4 is 22.7 Å². The van der Waals surface area contributed by atoms with Gasteiger partial charge < -0.3 is 15.6 Å². The van der Waals surface area contributed by atoms with E-state index in [4.69, 9.17) is 5.73 Å². The van der Waals surface area contributed by atoms with Gasteiger partial charge in [0, 0.05) is 18.8 Å². The number of hydrogen-bond acceptors (Lipinski definition) is 6. The molecule has 0 bridgehead atoms. The van der Waals surface area contributed by atoms with E-state index < -0.39 is 0 Å². The third-order valence-corrected chi connectivity index (χ3v) is 5.93. The molecule has 0 unspecified atom stereocenters. The van der Waals surface area contributed by atoms with E-state index in [2.05, 4.69) is 58.3 Å². The SMILES string of the molecule is CCC[C@@H](C)Nc1nc(N)nc2ccn(Cc3ccc(CN4CCCC4)cc3)c(=O)c12. The molecule has 1 atom stereocenters. The predicted molar refractivity (Wildman–Crippen MR) is 126 cm³/mol. The molecule has 0 saturated carbocycles. The van der Waals surface area contributed by atoms with Crippen molar-refractivity contribution < 1.29 is 0 Å². The average Bonchev–Trinajstić information content (AvgIpc) is 3.24. The number of rotatable bonds is 8. The van der Waals surface area contributed by atoms with Crippen LogP contribution in [0.2, 0.25) is 0 Å². The smallest absolute Gasteiger partial charge is 0.264 e. The quantitative estimate of drug-likeness (QED) is 0.579. The molecule has 3 N–H and O–H groups in total. The second-order valence-electron chi connectivity index (χ2n) is 8.57. The van der Waals surface area contributed by atoms with Crippen LogP contribution in [0.5, 0.6) is 0 Å². The van der Waals surface area contributed by atoms with Gasteiger partial charge >= 0.3 is 0 Å². The normalized spacial score (nSPS) is 15.4. The van der Waals surface area contributed by atoms with Gasteiger partial charge in [-0.1, -0.05) is 37.6 Å². The fourth-order valence-corrected chi connectivity index (χ4v) is 4.31. The maximum atomic E-state index is 13.3. The van der Waals surface area contributed by atoms with Gasteiger partial charge in [0.1, 0.15) is 11.2 Å². The highest BCUT2D eigenvalue weighted by atomic mass is 16.1. The molecule has 1 aliphatic rings. The molecule has 2 aromatic heterocycles. The number of nitrogens with one attached hydrogen (secondary N) is 1. The van der Waals surface area contributed by atoms with Gasteiger partial charge in [0.05, 0.1) is 12.1 Å². The topological polar surface area (TPSA) is 89.1 Å². The molecular formula is C24H32N6O. The van der Waals surface area contributed by atoms with Crippen molar-refractivity contribution in [3.05, 3.63) is 58.0 Å². The van der Waals surface area contributed by atoms with Gasteiger partial charge in [-0.2, -0.15) is 4.98 Å². The van der Waals surface area contributed by atoms with Crippen LogP contribution in [-0.4, -0.2) is 38.6 Å². The molecule has 0 amide bonds. The summed E-state index contributed by atoms with van der Waals surface area (Å²) in [5, 5.41) is 3.84. The van der Waals surface area contributed by atoms with Crippen LogP contribution < -0.4 is 16.6 Å². The second kappa shape index (κ2) is 9.47. The van der Waals surface area contributed by atoms with E-state index in [-0.39, 0.29) is 17.5 Å². The molecule has 3 aromatic rings. The van der Waals surface area contributed by atoms with Crippen molar-refractivity contribution in [1.82, 2.24) is 19.4 Å². The number of pyridine rings is 1. The Bertz CT molecular complexity index is 1090. The predicted octanol–water partition coefficient (Wildman–Crippen LogP) is 3.62. The first-order valence-corrected chi connectivity index (χ1v) is 11.3. The highest BCUT2D eigenvalue weighted by molar-refractivity contribution is 5.89. The van der Waals surface area contributed by atoms with Gasteiger partial charge in [-0.05, 0) is 56.5 Å². The van der Waals surface area contributed by atoms with Crippen LogP contribution in [0.25, 0.3) is 10.9 Å². The molecule has 4 rings (SSSR count). The van der Waals surface area contributed by atoms with E-state index in [1.54, 1.807) is 10.8 Å². The van der Waals surface area contributed by atoms with E-state index in [1.807, 2.05) is 6.07 Å². The first-order chi connectivity index (χ1) is 15.0. The minimum atomic E-state index is -0.107. The summed E-state index contributed by atoms with van der Waals surface area (Å²) in [6.45, 7) is 8.10. The van der Waals surface area contributed by atoms with E-state index in [1.165, 1.54) is 31.5 Å². The minimum Gasteiger partial charge on any atom is -0.368 e. The van der Waals surface area contributed by atoms with Gasteiger partial charge in [-0.3, -0.25) is 9.69 Å². The zero-order chi connectivity index (χ0) is 21.8. The molecule has 0 radical (unpaired) electrons. The molecule has 0 aliphatic carbocycles. The van der Waals surface area contributed by atoms with Crippen LogP contribution in [0.4, 0.5) is 11.8 Å². The number of benzene rings is 1. The molecule has 31 heavy (non-hydrogen) atoms. The molecule has 7 nitrogen and oxygen atoms in total. The summed E-state index contributed by atoms with van der Waals surface area (Å²) in [5.41, 5.74) is 8.76. The van der Waals surface area contributed by atoms with Gasteiger partial charge in [-0.25, -0.2) is 4.98 Å². The number of aromatic nitrogens is 3. The molecule has 7 heteroatoms. The number of likely N-dealkylation sites (tertiary alicyclic amines) is 1. The largest absolute Gasteiger partial charge is 0.368 e. The maximum absolute atomic E-state index is 13.3. The van der Waals surface area contributed by atoms with Crippen molar-refractivity contribution in [3.8, 4) is 0 Å². The van der Waals surface area contributed by atoms with E-state index in [9.17, 15) is 4.79 Å². The first kappa shape index (κ1) is 21.3. The Morgan fingerprint density at radius 3 is 2.42 bits per heavy atom. The third kappa shape index (κ3) is 5.05. The lowest BCUT2D eigenvalue weighted by molar-refractivity contribution is 0.331. The van der Waals surface area contributed by atoms with Crippen molar-refractivity contribution in [1.29, 1.82) is 0 Å². The van der Waals surface area contributed by atoms with Crippen LogP contribution in [0.1, 0.15) is 50.7 Å². The number of nitrogen functional groups attached to an aromatic ring is 1. The van der Waals surface area contributed by atoms with E-state index in [0.717, 1.165) is 24.9 Å². The van der Waals surface area contributed by atoms with Crippen molar-refractivity contribution in [2.75, 3.05) is 24.1 Å². The van der Waals surface area contributed by atoms with Crippen LogP contribution >= 0.6 is 0 Å². The molecule has 1 aromatic carbocycles. The highest BCUT2D eigenvalue weighted by Gasteiger charge is 2.15. The summed E-state index contributed by atoms with van der Waals surface area (Å²) in [6.07, 6.45) is 6.41. The summed E-state index contributed by atoms with van der Waals surface area (Å²) in [6, 6.07) is 10.6. The molecule has 1 aliphatic heterocycles. The van der Waals surface area contributed by atoms with Crippen LogP contribution in [0.15, 0.2) is 41.3 Å². The Kier molecular flexibility index (Phi) is 6.51. The highest BCUT2D eigenvalue weighted by Crippen LogP contribution is 2.20. The van der Waals surface area contributed by atoms with Crippen molar-refractivity contribution in [2.45, 2.75) is 58.7 Å². The lowest BCUT2D eigenvalue weighted by Gasteiger charge is -2.16. The van der Waals surface area contributed by atoms with E-state index in [0.29, 0.717) is 23.3 Å². The Labute approximate surface area is 183 Å². The molecule has 164 valence electrons. The maximum Gasteiger partial charge on any atom is 0.264 e. The van der Waals surface area contributed by atoms with Crippen LogP contribution in [0, 0.1) is 0 Å². The monoisotopic (exact) mass is 420 g/mol. The number of nitrogens with zero attached hydrogens (tertiary/aromatic N) is 4. The first-order valence-electron chi connectivity index (χ1n) is 11.3. The summed E-state index contributed by atoms with van der Waals surface area (Å²) in [7, 11) is 0. The zero-order valence-corrected chi connectivity index (χ0v) is 18.5. The lowest BCUT2D eigenvalue weighted by atomic mass is 10.1. The van der Waals surface area contributed by atoms with Gasteiger partial charge in [0.25, 0.3) is 5.56 Å². The molecule has 3 heterocycles. The summed E-state index contributed by atoms with van der Waals surface area (Å²) in [5.74, 6) is 0.688. The number of anilines is 2. The summed E-state index contributed by atoms with van der Waals surface area (Å²) < 4.78 is 1.72. The van der Waals surface area contributed by atoms with Crippen LogP contribution in [0.3, 0.4) is 0 Å². The third-order valence-electron chi connectivity index (χ3n) is 5.93. The number of fused-ring (bicyclic) bond motifs is 1. The fourth-order valence-electron chi connectivity index (χ4n) is 4.31. The summed E-state index contributed by atoms with van der Waals surface area (Å²) >= 11 is 0. The minimum absolute atomic E-state index is 0.107. The van der Waals surface area contributed by atoms with Crippen molar-refractivity contribution in [2.24, 2.45) is 0 Å². The Morgan fingerprint density at radius 2 is 1.74 bits per heavy atom. The zero-order valence-electron chi connectivity index (χ0n) is 18.5. The van der Waals surface area contributed by atoms with Gasteiger partial charge in [0.2, 0.25) is 5.95 Å². The Morgan fingerprint density at radius 1 is 1.06 bits per heavy atom. The standard InChI is InChI=1S/C24H32N6O/c1-3-6-17(2)26-22-21-20(27-24(25)28-22)11-14-30(23(21)31)16-19-9-7-18(8-10-19)15-29-12-4-5-13-29/h7-11,14,17H,3-6,12-13,15-16H2,1-2H3,(H3,25,26,27,28)/t17-/m1/s1. The Balaban J connectivity index is 1.58. The average molecular weight is 421 g/mol. The molecule has 1 saturated heterocycles.